The van der Waals surface area contributed by atoms with Gasteiger partial charge in [0.25, 0.3) is 0 Å². The number of nitrogens with zero attached hydrogens (tertiary/aromatic N) is 1. The van der Waals surface area contributed by atoms with Crippen molar-refractivity contribution in [2.45, 2.75) is 44.8 Å². The minimum Gasteiger partial charge on any atom is -0.335 e. The van der Waals surface area contributed by atoms with Gasteiger partial charge in [-0.2, -0.15) is 0 Å². The van der Waals surface area contributed by atoms with Gasteiger partial charge in [0.05, 0.1) is 6.54 Å². The van der Waals surface area contributed by atoms with E-state index in [2.05, 4.69) is 55.3 Å². The van der Waals surface area contributed by atoms with Crippen LogP contribution >= 0.6 is 11.8 Å². The van der Waals surface area contributed by atoms with E-state index in [0.29, 0.717) is 11.2 Å². The maximum Gasteiger partial charge on any atom is 0.161 e. The molecular weight excluding hydrogens is 240 g/mol. The summed E-state index contributed by atoms with van der Waals surface area (Å²) in [5.41, 5.74) is 2.57. The lowest BCUT2D eigenvalue weighted by Crippen LogP contribution is -2.09. The molecule has 2 nitrogen and oxygen atoms in total. The maximum absolute atomic E-state index is 4.60. The average molecular weight is 262 g/mol. The van der Waals surface area contributed by atoms with Crippen LogP contribution in [0.4, 0.5) is 5.69 Å². The smallest absolute Gasteiger partial charge is 0.161 e. The molecule has 1 atom stereocenters. The maximum atomic E-state index is 4.60. The molecule has 0 aliphatic carbocycles. The monoisotopic (exact) mass is 262 g/mol. The van der Waals surface area contributed by atoms with Gasteiger partial charge in [-0.1, -0.05) is 57.2 Å². The quantitative estimate of drug-likeness (QED) is 0.864. The third kappa shape index (κ3) is 3.29. The molecule has 18 heavy (non-hydrogen) atoms. The predicted octanol–water partition coefficient (Wildman–Crippen LogP) is 4.49. The Labute approximate surface area is 114 Å². The van der Waals surface area contributed by atoms with Crippen molar-refractivity contribution in [3.63, 3.8) is 0 Å². The zero-order valence-corrected chi connectivity index (χ0v) is 12.3. The van der Waals surface area contributed by atoms with E-state index in [4.69, 9.17) is 0 Å². The number of anilines is 1. The SMILES string of the molecule is CCCC1CN=C(Nc2ccccc2C(C)C)S1. The molecule has 0 spiro atoms. The summed E-state index contributed by atoms with van der Waals surface area (Å²) in [6.07, 6.45) is 2.49. The molecule has 1 aromatic carbocycles. The number of nitrogens with one attached hydrogen (secondary N) is 1. The van der Waals surface area contributed by atoms with E-state index >= 15 is 0 Å². The lowest BCUT2D eigenvalue weighted by Gasteiger charge is -2.14. The second-order valence-corrected chi connectivity index (χ2v) is 6.33. The molecule has 0 aromatic heterocycles. The van der Waals surface area contributed by atoms with Gasteiger partial charge in [0, 0.05) is 10.9 Å². The van der Waals surface area contributed by atoms with E-state index < -0.39 is 0 Å². The third-order valence-electron chi connectivity index (χ3n) is 3.15. The highest BCUT2D eigenvalue weighted by Crippen LogP contribution is 2.29. The van der Waals surface area contributed by atoms with Crippen molar-refractivity contribution in [1.29, 1.82) is 0 Å². The highest BCUT2D eigenvalue weighted by molar-refractivity contribution is 8.15. The normalized spacial score (nSPS) is 19.1. The minimum absolute atomic E-state index is 0.534. The molecule has 3 heteroatoms. The van der Waals surface area contributed by atoms with Crippen LogP contribution in [0, 0.1) is 0 Å². The van der Waals surface area contributed by atoms with Crippen molar-refractivity contribution in [2.24, 2.45) is 4.99 Å². The molecule has 1 unspecified atom stereocenters. The second kappa shape index (κ2) is 6.28. The molecule has 0 saturated carbocycles. The second-order valence-electron chi connectivity index (χ2n) is 5.04. The van der Waals surface area contributed by atoms with Gasteiger partial charge in [0.15, 0.2) is 5.17 Å². The van der Waals surface area contributed by atoms with Gasteiger partial charge < -0.3 is 5.32 Å². The van der Waals surface area contributed by atoms with Gasteiger partial charge in [-0.3, -0.25) is 4.99 Å². The number of amidine groups is 1. The number of para-hydroxylation sites is 1. The first kappa shape index (κ1) is 13.5. The summed E-state index contributed by atoms with van der Waals surface area (Å²) in [5.74, 6) is 0.534. The number of hydrogen-bond acceptors (Lipinski definition) is 3. The summed E-state index contributed by atoms with van der Waals surface area (Å²) >= 11 is 1.89. The Morgan fingerprint density at radius 3 is 2.89 bits per heavy atom. The largest absolute Gasteiger partial charge is 0.335 e. The lowest BCUT2D eigenvalue weighted by molar-refractivity contribution is 0.754. The fourth-order valence-electron chi connectivity index (χ4n) is 2.19. The van der Waals surface area contributed by atoms with E-state index in [1.807, 2.05) is 11.8 Å². The van der Waals surface area contributed by atoms with Crippen LogP contribution in [0.5, 0.6) is 0 Å². The summed E-state index contributed by atoms with van der Waals surface area (Å²) in [6.45, 7) is 7.65. The number of rotatable bonds is 4. The molecule has 0 amide bonds. The molecule has 0 saturated heterocycles. The van der Waals surface area contributed by atoms with Crippen molar-refractivity contribution in [3.8, 4) is 0 Å². The fraction of sp³-hybridized carbons (Fsp3) is 0.533. The topological polar surface area (TPSA) is 24.4 Å². The summed E-state index contributed by atoms with van der Waals surface area (Å²) in [6, 6.07) is 8.52. The number of benzene rings is 1. The van der Waals surface area contributed by atoms with E-state index in [1.54, 1.807) is 0 Å². The van der Waals surface area contributed by atoms with Crippen LogP contribution in [0.3, 0.4) is 0 Å². The molecule has 1 N–H and O–H groups in total. The van der Waals surface area contributed by atoms with Crippen LogP contribution < -0.4 is 5.32 Å². The van der Waals surface area contributed by atoms with Crippen LogP contribution in [0.1, 0.15) is 45.1 Å². The van der Waals surface area contributed by atoms with Crippen molar-refractivity contribution >= 4 is 22.6 Å². The molecule has 0 radical (unpaired) electrons. The number of hydrogen-bond donors (Lipinski definition) is 1. The Balaban J connectivity index is 2.03. The van der Waals surface area contributed by atoms with Crippen molar-refractivity contribution < 1.29 is 0 Å². The highest BCUT2D eigenvalue weighted by atomic mass is 32.2. The van der Waals surface area contributed by atoms with Crippen LogP contribution in [0.15, 0.2) is 29.3 Å². The molecular formula is C15H22N2S. The Kier molecular flexibility index (Phi) is 4.70. The number of thioether (sulfide) groups is 1. The first-order chi connectivity index (χ1) is 8.70. The van der Waals surface area contributed by atoms with E-state index in [0.717, 1.165) is 11.7 Å². The minimum atomic E-state index is 0.534. The van der Waals surface area contributed by atoms with Gasteiger partial charge in [-0.25, -0.2) is 0 Å². The Morgan fingerprint density at radius 1 is 1.39 bits per heavy atom. The van der Waals surface area contributed by atoms with Crippen LogP contribution in [0.2, 0.25) is 0 Å². The molecule has 1 aliphatic rings. The van der Waals surface area contributed by atoms with E-state index in [-0.39, 0.29) is 0 Å². The molecule has 0 fully saturated rings. The van der Waals surface area contributed by atoms with Gasteiger partial charge in [-0.05, 0) is 24.0 Å². The van der Waals surface area contributed by atoms with Gasteiger partial charge in [-0.15, -0.1) is 0 Å². The zero-order valence-electron chi connectivity index (χ0n) is 11.4. The van der Waals surface area contributed by atoms with Crippen LogP contribution in [-0.2, 0) is 0 Å². The van der Waals surface area contributed by atoms with E-state index in [1.165, 1.54) is 24.1 Å². The first-order valence-corrected chi connectivity index (χ1v) is 7.65. The first-order valence-electron chi connectivity index (χ1n) is 6.77. The molecule has 1 aliphatic heterocycles. The lowest BCUT2D eigenvalue weighted by atomic mass is 10.0. The van der Waals surface area contributed by atoms with Crippen LogP contribution in [0.25, 0.3) is 0 Å². The molecule has 0 bridgehead atoms. The Bertz CT molecular complexity index is 426. The van der Waals surface area contributed by atoms with Crippen molar-refractivity contribution in [1.82, 2.24) is 0 Å². The Morgan fingerprint density at radius 2 is 2.17 bits per heavy atom. The third-order valence-corrected chi connectivity index (χ3v) is 4.32. The molecule has 1 heterocycles. The number of aliphatic imine (C=N–C) groups is 1. The summed E-state index contributed by atoms with van der Waals surface area (Å²) in [5, 5.41) is 5.25. The van der Waals surface area contributed by atoms with Gasteiger partial charge in [0.1, 0.15) is 0 Å². The van der Waals surface area contributed by atoms with Crippen molar-refractivity contribution in [2.75, 3.05) is 11.9 Å². The summed E-state index contributed by atoms with van der Waals surface area (Å²) < 4.78 is 0. The standard InChI is InChI=1S/C15H22N2S/c1-4-7-12-10-16-15(18-12)17-14-9-6-5-8-13(14)11(2)3/h5-6,8-9,11-12H,4,7,10H2,1-3H3,(H,16,17). The summed E-state index contributed by atoms with van der Waals surface area (Å²) in [4.78, 5) is 4.60. The van der Waals surface area contributed by atoms with Crippen molar-refractivity contribution in [3.05, 3.63) is 29.8 Å². The summed E-state index contributed by atoms with van der Waals surface area (Å²) in [7, 11) is 0. The molecule has 1 aromatic rings. The molecule has 98 valence electrons. The highest BCUT2D eigenvalue weighted by Gasteiger charge is 2.19. The predicted molar refractivity (Wildman–Crippen MR) is 82.7 cm³/mol. The van der Waals surface area contributed by atoms with Gasteiger partial charge in [0.2, 0.25) is 0 Å². The fourth-order valence-corrected chi connectivity index (χ4v) is 3.32. The van der Waals surface area contributed by atoms with Crippen LogP contribution in [-0.4, -0.2) is 17.0 Å². The van der Waals surface area contributed by atoms with Gasteiger partial charge >= 0.3 is 0 Å². The average Bonchev–Trinajstić information content (AvgIpc) is 2.77. The Hall–Kier alpha value is -0.960. The van der Waals surface area contributed by atoms with E-state index in [9.17, 15) is 0 Å². The zero-order chi connectivity index (χ0) is 13.0. The molecule has 2 rings (SSSR count).